The van der Waals surface area contributed by atoms with Crippen LogP contribution in [0.3, 0.4) is 0 Å². The largest absolute Gasteiger partial charge is 0.311 e. The van der Waals surface area contributed by atoms with Gasteiger partial charge in [0.05, 0.1) is 11.4 Å². The summed E-state index contributed by atoms with van der Waals surface area (Å²) < 4.78 is 3.59. The Morgan fingerprint density at radius 2 is 2.00 bits per heavy atom. The molecule has 0 unspecified atom stereocenters. The Hall–Kier alpha value is -2.89. The van der Waals surface area contributed by atoms with Crippen molar-refractivity contribution in [2.24, 2.45) is 0 Å². The molecule has 3 rings (SSSR count). The van der Waals surface area contributed by atoms with Crippen molar-refractivity contribution in [3.05, 3.63) is 60.0 Å². The SMILES string of the molecule is Cc1ccc(-n2nc(C)cc2NC(=O)CCCn2cccn2)cc1. The number of rotatable bonds is 6. The molecule has 1 amide bonds. The van der Waals surface area contributed by atoms with E-state index in [-0.39, 0.29) is 5.91 Å². The number of nitrogens with zero attached hydrogens (tertiary/aromatic N) is 4. The molecular weight excluding hydrogens is 302 g/mol. The lowest BCUT2D eigenvalue weighted by atomic mass is 10.2. The molecule has 3 aromatic rings. The van der Waals surface area contributed by atoms with Crippen LogP contribution in [0.5, 0.6) is 0 Å². The highest BCUT2D eigenvalue weighted by atomic mass is 16.1. The fourth-order valence-corrected chi connectivity index (χ4v) is 2.51. The molecule has 0 saturated heterocycles. The Morgan fingerprint density at radius 3 is 2.71 bits per heavy atom. The Morgan fingerprint density at radius 1 is 1.21 bits per heavy atom. The van der Waals surface area contributed by atoms with E-state index in [9.17, 15) is 4.79 Å². The molecule has 0 aliphatic heterocycles. The van der Waals surface area contributed by atoms with Crippen LogP contribution in [0.25, 0.3) is 5.69 Å². The number of hydrogen-bond acceptors (Lipinski definition) is 3. The standard InChI is InChI=1S/C18H21N5O/c1-14-6-8-16(9-7-14)23-17(13-15(2)21-23)20-18(24)5-3-11-22-12-4-10-19-22/h4,6-10,12-13H,3,5,11H2,1-2H3,(H,20,24). The normalized spacial score (nSPS) is 10.8. The molecule has 0 bridgehead atoms. The molecule has 6 nitrogen and oxygen atoms in total. The molecule has 1 N–H and O–H groups in total. The third-order valence-electron chi connectivity index (χ3n) is 3.73. The van der Waals surface area contributed by atoms with Crippen LogP contribution in [0, 0.1) is 13.8 Å². The minimum Gasteiger partial charge on any atom is -0.311 e. The molecular formula is C18H21N5O. The van der Waals surface area contributed by atoms with Gasteiger partial charge in [0, 0.05) is 31.4 Å². The lowest BCUT2D eigenvalue weighted by Crippen LogP contribution is -2.15. The minimum absolute atomic E-state index is 0.0181. The highest BCUT2D eigenvalue weighted by Crippen LogP contribution is 2.18. The number of amides is 1. The summed E-state index contributed by atoms with van der Waals surface area (Å²) in [5, 5.41) is 11.6. The van der Waals surface area contributed by atoms with Crippen LogP contribution in [0.4, 0.5) is 5.82 Å². The van der Waals surface area contributed by atoms with Gasteiger partial charge in [-0.3, -0.25) is 9.48 Å². The van der Waals surface area contributed by atoms with Gasteiger partial charge in [0.1, 0.15) is 5.82 Å². The summed E-state index contributed by atoms with van der Waals surface area (Å²) in [5.41, 5.74) is 2.98. The van der Waals surface area contributed by atoms with E-state index in [4.69, 9.17) is 0 Å². The van der Waals surface area contributed by atoms with Crippen molar-refractivity contribution in [1.29, 1.82) is 0 Å². The van der Waals surface area contributed by atoms with E-state index in [0.717, 1.165) is 24.3 Å². The van der Waals surface area contributed by atoms with Crippen LogP contribution >= 0.6 is 0 Å². The molecule has 6 heteroatoms. The number of anilines is 1. The van der Waals surface area contributed by atoms with Crippen LogP contribution in [-0.4, -0.2) is 25.5 Å². The van der Waals surface area contributed by atoms with Gasteiger partial charge in [-0.15, -0.1) is 0 Å². The Labute approximate surface area is 141 Å². The van der Waals surface area contributed by atoms with Gasteiger partial charge in [0.15, 0.2) is 0 Å². The average Bonchev–Trinajstić information content (AvgIpc) is 3.18. The number of hydrogen-bond donors (Lipinski definition) is 1. The van der Waals surface area contributed by atoms with Gasteiger partial charge in [-0.1, -0.05) is 17.7 Å². The van der Waals surface area contributed by atoms with Gasteiger partial charge < -0.3 is 5.32 Å². The van der Waals surface area contributed by atoms with Crippen molar-refractivity contribution in [2.75, 3.05) is 5.32 Å². The Balaban J connectivity index is 1.64. The zero-order chi connectivity index (χ0) is 16.9. The molecule has 0 spiro atoms. The smallest absolute Gasteiger partial charge is 0.225 e. The first kappa shape index (κ1) is 16.0. The molecule has 2 aromatic heterocycles. The van der Waals surface area contributed by atoms with Crippen molar-refractivity contribution in [3.63, 3.8) is 0 Å². The van der Waals surface area contributed by atoms with E-state index >= 15 is 0 Å². The van der Waals surface area contributed by atoms with Gasteiger partial charge in [-0.2, -0.15) is 10.2 Å². The predicted molar refractivity (Wildman–Crippen MR) is 93.1 cm³/mol. The van der Waals surface area contributed by atoms with Crippen molar-refractivity contribution in [2.45, 2.75) is 33.2 Å². The third kappa shape index (κ3) is 3.90. The highest BCUT2D eigenvalue weighted by Gasteiger charge is 2.11. The lowest BCUT2D eigenvalue weighted by molar-refractivity contribution is -0.116. The van der Waals surface area contributed by atoms with Crippen LogP contribution in [-0.2, 0) is 11.3 Å². The van der Waals surface area contributed by atoms with E-state index in [1.54, 1.807) is 10.9 Å². The number of aromatic nitrogens is 4. The average molecular weight is 323 g/mol. The maximum absolute atomic E-state index is 12.2. The van der Waals surface area contributed by atoms with Crippen LogP contribution < -0.4 is 5.32 Å². The van der Waals surface area contributed by atoms with Crippen LogP contribution in [0.15, 0.2) is 48.8 Å². The maximum Gasteiger partial charge on any atom is 0.225 e. The fourth-order valence-electron chi connectivity index (χ4n) is 2.51. The quantitative estimate of drug-likeness (QED) is 0.758. The molecule has 0 atom stereocenters. The van der Waals surface area contributed by atoms with Crippen LogP contribution in [0.2, 0.25) is 0 Å². The maximum atomic E-state index is 12.2. The number of aryl methyl sites for hydroxylation is 3. The van der Waals surface area contributed by atoms with Gasteiger partial charge >= 0.3 is 0 Å². The van der Waals surface area contributed by atoms with Crippen molar-refractivity contribution in [3.8, 4) is 5.69 Å². The molecule has 0 aliphatic carbocycles. The van der Waals surface area contributed by atoms with E-state index < -0.39 is 0 Å². The zero-order valence-corrected chi connectivity index (χ0v) is 13.9. The molecule has 124 valence electrons. The third-order valence-corrected chi connectivity index (χ3v) is 3.73. The summed E-state index contributed by atoms with van der Waals surface area (Å²) in [7, 11) is 0. The second-order valence-electron chi connectivity index (χ2n) is 5.84. The van der Waals surface area contributed by atoms with E-state index in [2.05, 4.69) is 15.5 Å². The van der Waals surface area contributed by atoms with Crippen molar-refractivity contribution >= 4 is 11.7 Å². The molecule has 2 heterocycles. The summed E-state index contributed by atoms with van der Waals surface area (Å²) >= 11 is 0. The minimum atomic E-state index is -0.0181. The number of nitrogens with one attached hydrogen (secondary N) is 1. The summed E-state index contributed by atoms with van der Waals surface area (Å²) in [6.45, 7) is 4.69. The topological polar surface area (TPSA) is 64.7 Å². The molecule has 24 heavy (non-hydrogen) atoms. The van der Waals surface area contributed by atoms with Gasteiger partial charge in [-0.05, 0) is 38.5 Å². The summed E-state index contributed by atoms with van der Waals surface area (Å²) in [6, 6.07) is 11.8. The molecule has 0 aliphatic rings. The number of carbonyl (C=O) groups is 1. The summed E-state index contributed by atoms with van der Waals surface area (Å²) in [4.78, 5) is 12.2. The fraction of sp³-hybridized carbons (Fsp3) is 0.278. The van der Waals surface area contributed by atoms with Gasteiger partial charge in [0.2, 0.25) is 5.91 Å². The van der Waals surface area contributed by atoms with E-state index in [1.165, 1.54) is 5.56 Å². The van der Waals surface area contributed by atoms with Crippen molar-refractivity contribution in [1.82, 2.24) is 19.6 Å². The van der Waals surface area contributed by atoms with Gasteiger partial charge in [-0.25, -0.2) is 4.68 Å². The zero-order valence-electron chi connectivity index (χ0n) is 13.9. The summed E-state index contributed by atoms with van der Waals surface area (Å²) in [5.74, 6) is 0.677. The van der Waals surface area contributed by atoms with Crippen LogP contribution in [0.1, 0.15) is 24.1 Å². The first-order chi connectivity index (χ1) is 11.6. The first-order valence-electron chi connectivity index (χ1n) is 8.03. The number of benzene rings is 1. The van der Waals surface area contributed by atoms with E-state index in [1.807, 2.05) is 61.1 Å². The Kier molecular flexibility index (Phi) is 4.74. The summed E-state index contributed by atoms with van der Waals surface area (Å²) in [6.07, 6.45) is 4.82. The van der Waals surface area contributed by atoms with Crippen molar-refractivity contribution < 1.29 is 4.79 Å². The Bertz CT molecular complexity index is 803. The first-order valence-corrected chi connectivity index (χ1v) is 8.03. The molecule has 0 saturated carbocycles. The second kappa shape index (κ2) is 7.12. The second-order valence-corrected chi connectivity index (χ2v) is 5.84. The monoisotopic (exact) mass is 323 g/mol. The molecule has 1 aromatic carbocycles. The number of carbonyl (C=O) groups excluding carboxylic acids is 1. The van der Waals surface area contributed by atoms with Gasteiger partial charge in [0.25, 0.3) is 0 Å². The lowest BCUT2D eigenvalue weighted by Gasteiger charge is -2.09. The highest BCUT2D eigenvalue weighted by molar-refractivity contribution is 5.90. The molecule has 0 radical (unpaired) electrons. The molecule has 0 fully saturated rings. The van der Waals surface area contributed by atoms with E-state index in [0.29, 0.717) is 12.2 Å². The predicted octanol–water partition coefficient (Wildman–Crippen LogP) is 3.10.